The van der Waals surface area contributed by atoms with Crippen molar-refractivity contribution in [3.05, 3.63) is 46.2 Å². The average molecular weight is 287 g/mol. The van der Waals surface area contributed by atoms with Crippen molar-refractivity contribution >= 4 is 16.9 Å². The maximum Gasteiger partial charge on any atom is 0.314 e. The highest BCUT2D eigenvalue weighted by atomic mass is 16.2. The summed E-state index contributed by atoms with van der Waals surface area (Å²) in [6.07, 6.45) is 0.898. The van der Waals surface area contributed by atoms with Crippen molar-refractivity contribution in [3.63, 3.8) is 0 Å². The summed E-state index contributed by atoms with van der Waals surface area (Å²) in [4.78, 5) is 23.8. The summed E-state index contributed by atoms with van der Waals surface area (Å²) in [5.74, 6) is 0. The standard InChI is InChI=1S/C16H21N3O2/c1-3-8-17-16(21)18-9-10-19-14-7-5-4-6-13(14)11-12(2)15(19)20/h4-7,11H,3,8-10H2,1-2H3,(H2,17,18,21). The smallest absolute Gasteiger partial charge is 0.314 e. The second-order valence-corrected chi connectivity index (χ2v) is 5.03. The molecule has 0 bridgehead atoms. The van der Waals surface area contributed by atoms with Crippen molar-refractivity contribution < 1.29 is 4.79 Å². The summed E-state index contributed by atoms with van der Waals surface area (Å²) in [6, 6.07) is 9.48. The monoisotopic (exact) mass is 287 g/mol. The molecule has 1 aromatic heterocycles. The molecule has 0 aliphatic carbocycles. The van der Waals surface area contributed by atoms with E-state index in [0.29, 0.717) is 25.2 Å². The predicted octanol–water partition coefficient (Wildman–Crippen LogP) is 2.02. The molecule has 112 valence electrons. The summed E-state index contributed by atoms with van der Waals surface area (Å²) in [5, 5.41) is 6.54. The minimum absolute atomic E-state index is 0.00975. The molecule has 2 amide bonds. The number of aromatic nitrogens is 1. The van der Waals surface area contributed by atoms with Gasteiger partial charge in [0, 0.05) is 25.2 Å². The molecule has 0 saturated heterocycles. The lowest BCUT2D eigenvalue weighted by Gasteiger charge is -2.12. The molecule has 1 aromatic carbocycles. The lowest BCUT2D eigenvalue weighted by Crippen LogP contribution is -2.38. The van der Waals surface area contributed by atoms with Crippen LogP contribution >= 0.6 is 0 Å². The fraction of sp³-hybridized carbons (Fsp3) is 0.375. The predicted molar refractivity (Wildman–Crippen MR) is 84.6 cm³/mol. The number of urea groups is 1. The van der Waals surface area contributed by atoms with Crippen LogP contribution in [0.15, 0.2) is 35.1 Å². The third-order valence-corrected chi connectivity index (χ3v) is 3.34. The van der Waals surface area contributed by atoms with Gasteiger partial charge in [0.1, 0.15) is 0 Å². The topological polar surface area (TPSA) is 63.1 Å². The summed E-state index contributed by atoms with van der Waals surface area (Å²) in [5.41, 5.74) is 1.59. The molecule has 0 aliphatic rings. The van der Waals surface area contributed by atoms with Gasteiger partial charge in [-0.15, -0.1) is 0 Å². The molecule has 5 heteroatoms. The van der Waals surface area contributed by atoms with Crippen molar-refractivity contribution in [1.82, 2.24) is 15.2 Å². The third kappa shape index (κ3) is 3.62. The summed E-state index contributed by atoms with van der Waals surface area (Å²) < 4.78 is 1.71. The number of pyridine rings is 1. The molecule has 0 unspecified atom stereocenters. The first-order valence-electron chi connectivity index (χ1n) is 7.24. The number of nitrogens with one attached hydrogen (secondary N) is 2. The Labute approximate surface area is 124 Å². The fourth-order valence-electron chi connectivity index (χ4n) is 2.28. The van der Waals surface area contributed by atoms with Gasteiger partial charge in [-0.2, -0.15) is 0 Å². The maximum atomic E-state index is 12.3. The van der Waals surface area contributed by atoms with E-state index in [-0.39, 0.29) is 11.6 Å². The normalized spacial score (nSPS) is 10.6. The van der Waals surface area contributed by atoms with Crippen LogP contribution in [0.5, 0.6) is 0 Å². The lowest BCUT2D eigenvalue weighted by molar-refractivity contribution is 0.240. The number of carbonyl (C=O) groups is 1. The second kappa shape index (κ2) is 6.92. The summed E-state index contributed by atoms with van der Waals surface area (Å²) in [7, 11) is 0. The molecule has 0 spiro atoms. The Bertz CT molecular complexity index is 691. The molecule has 2 rings (SSSR count). The van der Waals surface area contributed by atoms with Crippen LogP contribution in [0.3, 0.4) is 0 Å². The molecule has 1 heterocycles. The van der Waals surface area contributed by atoms with Crippen LogP contribution in [0.25, 0.3) is 10.9 Å². The van der Waals surface area contributed by atoms with Gasteiger partial charge in [0.15, 0.2) is 0 Å². The zero-order chi connectivity index (χ0) is 15.2. The highest BCUT2D eigenvalue weighted by Gasteiger charge is 2.06. The largest absolute Gasteiger partial charge is 0.338 e. The van der Waals surface area contributed by atoms with Crippen LogP contribution in [0, 0.1) is 6.92 Å². The van der Waals surface area contributed by atoms with Crippen molar-refractivity contribution in [2.24, 2.45) is 0 Å². The third-order valence-electron chi connectivity index (χ3n) is 3.34. The van der Waals surface area contributed by atoms with Crippen LogP contribution in [0.4, 0.5) is 4.79 Å². The number of nitrogens with zero attached hydrogens (tertiary/aromatic N) is 1. The highest BCUT2D eigenvalue weighted by Crippen LogP contribution is 2.12. The van der Waals surface area contributed by atoms with Crippen LogP contribution < -0.4 is 16.2 Å². The van der Waals surface area contributed by atoms with E-state index in [9.17, 15) is 9.59 Å². The first-order valence-corrected chi connectivity index (χ1v) is 7.24. The number of fused-ring (bicyclic) bond motifs is 1. The van der Waals surface area contributed by atoms with Crippen molar-refractivity contribution in [1.29, 1.82) is 0 Å². The maximum absolute atomic E-state index is 12.3. The number of para-hydroxylation sites is 1. The molecule has 0 fully saturated rings. The van der Waals surface area contributed by atoms with Crippen LogP contribution in [-0.4, -0.2) is 23.7 Å². The number of aryl methyl sites for hydroxylation is 1. The minimum atomic E-state index is -0.193. The summed E-state index contributed by atoms with van der Waals surface area (Å²) in [6.45, 7) is 5.34. The van der Waals surface area contributed by atoms with Crippen molar-refractivity contribution in [2.75, 3.05) is 13.1 Å². The van der Waals surface area contributed by atoms with Gasteiger partial charge >= 0.3 is 6.03 Å². The van der Waals surface area contributed by atoms with Crippen LogP contribution in [0.1, 0.15) is 18.9 Å². The Morgan fingerprint density at radius 3 is 2.67 bits per heavy atom. The molecule has 2 aromatic rings. The molecular formula is C16H21N3O2. The van der Waals surface area contributed by atoms with Crippen LogP contribution in [-0.2, 0) is 6.54 Å². The minimum Gasteiger partial charge on any atom is -0.338 e. The Morgan fingerprint density at radius 1 is 1.19 bits per heavy atom. The van der Waals surface area contributed by atoms with E-state index in [1.165, 1.54) is 0 Å². The molecule has 5 nitrogen and oxygen atoms in total. The number of benzene rings is 1. The van der Waals surface area contributed by atoms with Gasteiger partial charge < -0.3 is 15.2 Å². The Balaban J connectivity index is 2.13. The average Bonchev–Trinajstić information content (AvgIpc) is 2.49. The SMILES string of the molecule is CCCNC(=O)NCCn1c(=O)c(C)cc2ccccc21. The number of hydrogen-bond donors (Lipinski definition) is 2. The molecule has 0 radical (unpaired) electrons. The second-order valence-electron chi connectivity index (χ2n) is 5.03. The van der Waals surface area contributed by atoms with E-state index in [1.54, 1.807) is 4.57 Å². The zero-order valence-corrected chi connectivity index (χ0v) is 12.5. The molecule has 2 N–H and O–H groups in total. The van der Waals surface area contributed by atoms with E-state index >= 15 is 0 Å². The van der Waals surface area contributed by atoms with Gasteiger partial charge in [-0.05, 0) is 30.9 Å². The molecule has 0 atom stereocenters. The van der Waals surface area contributed by atoms with Crippen LogP contribution in [0.2, 0.25) is 0 Å². The molecule has 0 saturated carbocycles. The molecule has 0 aliphatic heterocycles. The Morgan fingerprint density at radius 2 is 1.90 bits per heavy atom. The van der Waals surface area contributed by atoms with E-state index in [1.807, 2.05) is 44.2 Å². The number of amides is 2. The molecular weight excluding hydrogens is 266 g/mol. The van der Waals surface area contributed by atoms with Gasteiger partial charge in [0.25, 0.3) is 5.56 Å². The van der Waals surface area contributed by atoms with E-state index < -0.39 is 0 Å². The molecule has 21 heavy (non-hydrogen) atoms. The van der Waals surface area contributed by atoms with E-state index in [4.69, 9.17) is 0 Å². The quantitative estimate of drug-likeness (QED) is 0.883. The van der Waals surface area contributed by atoms with Gasteiger partial charge in [-0.25, -0.2) is 4.79 Å². The van der Waals surface area contributed by atoms with E-state index in [2.05, 4.69) is 10.6 Å². The van der Waals surface area contributed by atoms with Crippen molar-refractivity contribution in [2.45, 2.75) is 26.8 Å². The first-order chi connectivity index (χ1) is 10.1. The van der Waals surface area contributed by atoms with Gasteiger partial charge in [-0.1, -0.05) is 25.1 Å². The van der Waals surface area contributed by atoms with Gasteiger partial charge in [-0.3, -0.25) is 4.79 Å². The summed E-state index contributed by atoms with van der Waals surface area (Å²) >= 11 is 0. The lowest BCUT2D eigenvalue weighted by atomic mass is 10.1. The number of hydrogen-bond acceptors (Lipinski definition) is 2. The highest BCUT2D eigenvalue weighted by molar-refractivity contribution is 5.79. The Kier molecular flexibility index (Phi) is 4.98. The number of carbonyl (C=O) groups excluding carboxylic acids is 1. The number of rotatable bonds is 5. The van der Waals surface area contributed by atoms with Gasteiger partial charge in [0.2, 0.25) is 0 Å². The zero-order valence-electron chi connectivity index (χ0n) is 12.5. The van der Waals surface area contributed by atoms with E-state index in [0.717, 1.165) is 17.3 Å². The fourth-order valence-corrected chi connectivity index (χ4v) is 2.28. The van der Waals surface area contributed by atoms with Crippen molar-refractivity contribution in [3.8, 4) is 0 Å². The first kappa shape index (κ1) is 15.1. The Hall–Kier alpha value is -2.30. The van der Waals surface area contributed by atoms with Gasteiger partial charge in [0.05, 0.1) is 5.52 Å².